The standard InChI is InChI=1S/C12H13N3O/c1-9-11(8-16-13)7-14-12(15-9)10-5-3-2-4-6-10/h2-7H,8,13H2,1H3. The van der Waals surface area contributed by atoms with Crippen molar-refractivity contribution < 1.29 is 4.84 Å². The predicted molar refractivity (Wildman–Crippen MR) is 61.2 cm³/mol. The van der Waals surface area contributed by atoms with Crippen LogP contribution in [0, 0.1) is 6.92 Å². The quantitative estimate of drug-likeness (QED) is 0.793. The van der Waals surface area contributed by atoms with Crippen molar-refractivity contribution in [3.05, 3.63) is 47.8 Å². The van der Waals surface area contributed by atoms with Gasteiger partial charge in [0, 0.05) is 23.0 Å². The summed E-state index contributed by atoms with van der Waals surface area (Å²) >= 11 is 0. The summed E-state index contributed by atoms with van der Waals surface area (Å²) in [6, 6.07) is 9.85. The molecule has 1 heterocycles. The Morgan fingerprint density at radius 2 is 2.00 bits per heavy atom. The molecule has 0 fully saturated rings. The van der Waals surface area contributed by atoms with E-state index >= 15 is 0 Å². The molecule has 0 saturated heterocycles. The van der Waals surface area contributed by atoms with Crippen LogP contribution in [0.2, 0.25) is 0 Å². The van der Waals surface area contributed by atoms with Crippen molar-refractivity contribution in [1.82, 2.24) is 9.97 Å². The Hall–Kier alpha value is -1.78. The van der Waals surface area contributed by atoms with E-state index in [1.807, 2.05) is 37.3 Å². The molecule has 2 N–H and O–H groups in total. The summed E-state index contributed by atoms with van der Waals surface area (Å²) in [5, 5.41) is 0. The lowest BCUT2D eigenvalue weighted by Gasteiger charge is -2.05. The Kier molecular flexibility index (Phi) is 3.24. The second-order valence-corrected chi connectivity index (χ2v) is 3.48. The Morgan fingerprint density at radius 3 is 2.62 bits per heavy atom. The van der Waals surface area contributed by atoms with Gasteiger partial charge < -0.3 is 0 Å². The van der Waals surface area contributed by atoms with Crippen LogP contribution in [0.3, 0.4) is 0 Å². The molecular formula is C12H13N3O. The Balaban J connectivity index is 2.35. The molecule has 4 heteroatoms. The second kappa shape index (κ2) is 4.83. The van der Waals surface area contributed by atoms with E-state index < -0.39 is 0 Å². The van der Waals surface area contributed by atoms with Crippen molar-refractivity contribution in [2.24, 2.45) is 5.90 Å². The number of hydrogen-bond acceptors (Lipinski definition) is 4. The van der Waals surface area contributed by atoms with E-state index in [4.69, 9.17) is 5.90 Å². The lowest BCUT2D eigenvalue weighted by molar-refractivity contribution is 0.123. The third kappa shape index (κ3) is 2.24. The third-order valence-corrected chi connectivity index (χ3v) is 2.35. The molecule has 0 aliphatic carbocycles. The van der Waals surface area contributed by atoms with Gasteiger partial charge in [0.2, 0.25) is 0 Å². The fraction of sp³-hybridized carbons (Fsp3) is 0.167. The van der Waals surface area contributed by atoms with Crippen molar-refractivity contribution in [3.8, 4) is 11.4 Å². The molecule has 0 spiro atoms. The van der Waals surface area contributed by atoms with Crippen LogP contribution in [0.5, 0.6) is 0 Å². The second-order valence-electron chi connectivity index (χ2n) is 3.48. The van der Waals surface area contributed by atoms with E-state index in [1.54, 1.807) is 6.20 Å². The van der Waals surface area contributed by atoms with Crippen LogP contribution in [0.15, 0.2) is 36.5 Å². The molecule has 0 atom stereocenters. The monoisotopic (exact) mass is 215 g/mol. The molecule has 1 aromatic carbocycles. The Morgan fingerprint density at radius 1 is 1.25 bits per heavy atom. The van der Waals surface area contributed by atoms with Gasteiger partial charge in [0.15, 0.2) is 5.82 Å². The molecule has 1 aromatic heterocycles. The first-order valence-corrected chi connectivity index (χ1v) is 5.01. The zero-order chi connectivity index (χ0) is 11.4. The Bertz CT molecular complexity index is 471. The van der Waals surface area contributed by atoms with Gasteiger partial charge in [-0.15, -0.1) is 0 Å². The number of rotatable bonds is 3. The highest BCUT2D eigenvalue weighted by atomic mass is 16.6. The highest BCUT2D eigenvalue weighted by Gasteiger charge is 2.04. The topological polar surface area (TPSA) is 61.0 Å². The summed E-state index contributed by atoms with van der Waals surface area (Å²) in [5.41, 5.74) is 2.80. The van der Waals surface area contributed by atoms with E-state index in [0.29, 0.717) is 6.61 Å². The molecule has 0 radical (unpaired) electrons. The van der Waals surface area contributed by atoms with Gasteiger partial charge in [-0.3, -0.25) is 4.84 Å². The maximum atomic E-state index is 5.02. The SMILES string of the molecule is Cc1nc(-c2ccccc2)ncc1CON. The molecule has 2 rings (SSSR count). The minimum atomic E-state index is 0.334. The first kappa shape index (κ1) is 10.7. The minimum Gasteiger partial charge on any atom is -0.300 e. The largest absolute Gasteiger partial charge is 0.300 e. The number of benzene rings is 1. The number of aryl methyl sites for hydroxylation is 1. The van der Waals surface area contributed by atoms with E-state index in [0.717, 1.165) is 22.6 Å². The number of nitrogens with two attached hydrogens (primary N) is 1. The van der Waals surface area contributed by atoms with Crippen LogP contribution in [0.4, 0.5) is 0 Å². The van der Waals surface area contributed by atoms with Gasteiger partial charge >= 0.3 is 0 Å². The summed E-state index contributed by atoms with van der Waals surface area (Å²) in [7, 11) is 0. The number of nitrogens with zero attached hydrogens (tertiary/aromatic N) is 2. The van der Waals surface area contributed by atoms with Gasteiger partial charge in [-0.1, -0.05) is 30.3 Å². The first-order chi connectivity index (χ1) is 7.81. The van der Waals surface area contributed by atoms with E-state index in [2.05, 4.69) is 14.8 Å². The highest BCUT2D eigenvalue weighted by Crippen LogP contribution is 2.15. The van der Waals surface area contributed by atoms with Gasteiger partial charge in [0.1, 0.15) is 0 Å². The summed E-state index contributed by atoms with van der Waals surface area (Å²) in [6.45, 7) is 2.25. The molecule has 4 nitrogen and oxygen atoms in total. The van der Waals surface area contributed by atoms with Crippen molar-refractivity contribution in [2.75, 3.05) is 0 Å². The van der Waals surface area contributed by atoms with Gasteiger partial charge in [0.25, 0.3) is 0 Å². The van der Waals surface area contributed by atoms with Crippen molar-refractivity contribution in [1.29, 1.82) is 0 Å². The molecule has 0 unspecified atom stereocenters. The average molecular weight is 215 g/mol. The number of aromatic nitrogens is 2. The van der Waals surface area contributed by atoms with Gasteiger partial charge in [0.05, 0.1) is 6.61 Å². The van der Waals surface area contributed by atoms with Crippen molar-refractivity contribution >= 4 is 0 Å². The summed E-state index contributed by atoms with van der Waals surface area (Å²) in [6.07, 6.45) is 1.75. The smallest absolute Gasteiger partial charge is 0.159 e. The normalized spacial score (nSPS) is 10.4. The summed E-state index contributed by atoms with van der Waals surface area (Å²) in [5.74, 6) is 5.74. The summed E-state index contributed by atoms with van der Waals surface area (Å²) < 4.78 is 0. The molecule has 82 valence electrons. The predicted octanol–water partition coefficient (Wildman–Crippen LogP) is 1.84. The fourth-order valence-corrected chi connectivity index (χ4v) is 1.45. The molecule has 0 saturated carbocycles. The maximum absolute atomic E-state index is 5.02. The maximum Gasteiger partial charge on any atom is 0.159 e. The van der Waals surface area contributed by atoms with E-state index in [-0.39, 0.29) is 0 Å². The number of hydrogen-bond donors (Lipinski definition) is 1. The van der Waals surface area contributed by atoms with Crippen LogP contribution in [-0.2, 0) is 11.4 Å². The fourth-order valence-electron chi connectivity index (χ4n) is 1.45. The lowest BCUT2D eigenvalue weighted by Crippen LogP contribution is -2.03. The van der Waals surface area contributed by atoms with Gasteiger partial charge in [-0.05, 0) is 6.92 Å². The van der Waals surface area contributed by atoms with Gasteiger partial charge in [-0.2, -0.15) is 0 Å². The lowest BCUT2D eigenvalue weighted by atomic mass is 10.2. The third-order valence-electron chi connectivity index (χ3n) is 2.35. The van der Waals surface area contributed by atoms with Crippen LogP contribution in [-0.4, -0.2) is 9.97 Å². The van der Waals surface area contributed by atoms with Crippen LogP contribution in [0.25, 0.3) is 11.4 Å². The molecule has 0 aliphatic heterocycles. The average Bonchev–Trinajstić information content (AvgIpc) is 2.33. The first-order valence-electron chi connectivity index (χ1n) is 5.01. The highest BCUT2D eigenvalue weighted by molar-refractivity contribution is 5.54. The molecule has 0 amide bonds. The molecule has 2 aromatic rings. The van der Waals surface area contributed by atoms with Crippen LogP contribution >= 0.6 is 0 Å². The Labute approximate surface area is 94.1 Å². The molecule has 0 aliphatic rings. The van der Waals surface area contributed by atoms with Crippen molar-refractivity contribution in [2.45, 2.75) is 13.5 Å². The minimum absolute atomic E-state index is 0.334. The van der Waals surface area contributed by atoms with Crippen LogP contribution in [0.1, 0.15) is 11.3 Å². The molecule has 0 bridgehead atoms. The zero-order valence-corrected chi connectivity index (χ0v) is 9.05. The molecule has 16 heavy (non-hydrogen) atoms. The summed E-state index contributed by atoms with van der Waals surface area (Å²) in [4.78, 5) is 13.3. The zero-order valence-electron chi connectivity index (χ0n) is 9.05. The van der Waals surface area contributed by atoms with E-state index in [9.17, 15) is 0 Å². The van der Waals surface area contributed by atoms with Gasteiger partial charge in [-0.25, -0.2) is 15.9 Å². The van der Waals surface area contributed by atoms with Crippen LogP contribution < -0.4 is 5.90 Å². The van der Waals surface area contributed by atoms with Crippen molar-refractivity contribution in [3.63, 3.8) is 0 Å². The van der Waals surface area contributed by atoms with E-state index in [1.165, 1.54) is 0 Å². The molecular weight excluding hydrogens is 202 g/mol.